The first-order valence-electron chi connectivity index (χ1n) is 6.48. The van der Waals surface area contributed by atoms with Crippen LogP contribution in [0.1, 0.15) is 50.8 Å². The molecule has 1 aliphatic rings. The highest BCUT2D eigenvalue weighted by Gasteiger charge is 2.37. The van der Waals surface area contributed by atoms with Gasteiger partial charge in [-0.2, -0.15) is 0 Å². The van der Waals surface area contributed by atoms with E-state index in [9.17, 15) is 5.11 Å². The Hall–Kier alpha value is -0.0500. The second kappa shape index (κ2) is 5.29. The Balaban J connectivity index is 2.09. The first kappa shape index (κ1) is 13.4. The van der Waals surface area contributed by atoms with Crippen molar-refractivity contribution in [2.75, 3.05) is 0 Å². The van der Waals surface area contributed by atoms with Gasteiger partial charge < -0.3 is 5.11 Å². The highest BCUT2D eigenvalue weighted by molar-refractivity contribution is 7.16. The van der Waals surface area contributed by atoms with Gasteiger partial charge in [-0.3, -0.25) is 0 Å². The SMILES string of the molecule is CC(C)CC1CCCC(O)(c2ccc(Cl)s2)C1. The van der Waals surface area contributed by atoms with Gasteiger partial charge in [0.05, 0.1) is 9.94 Å². The molecule has 0 radical (unpaired) electrons. The number of aliphatic hydroxyl groups is 1. The summed E-state index contributed by atoms with van der Waals surface area (Å²) in [5.74, 6) is 1.38. The van der Waals surface area contributed by atoms with Gasteiger partial charge in [0, 0.05) is 4.88 Å². The first-order valence-corrected chi connectivity index (χ1v) is 7.67. The van der Waals surface area contributed by atoms with Crippen LogP contribution in [0.4, 0.5) is 0 Å². The van der Waals surface area contributed by atoms with Crippen molar-refractivity contribution < 1.29 is 5.11 Å². The van der Waals surface area contributed by atoms with Crippen LogP contribution in [0.2, 0.25) is 4.34 Å². The molecule has 1 heterocycles. The zero-order valence-electron chi connectivity index (χ0n) is 10.6. The lowest BCUT2D eigenvalue weighted by Crippen LogP contribution is -2.32. The highest BCUT2D eigenvalue weighted by atomic mass is 35.5. The molecule has 17 heavy (non-hydrogen) atoms. The molecule has 0 amide bonds. The minimum atomic E-state index is -0.615. The van der Waals surface area contributed by atoms with Gasteiger partial charge in [-0.05, 0) is 49.7 Å². The predicted octanol–water partition coefficient (Wildman–Crippen LogP) is 4.83. The third-order valence-corrected chi connectivity index (χ3v) is 5.09. The Morgan fingerprint density at radius 3 is 2.88 bits per heavy atom. The van der Waals surface area contributed by atoms with Gasteiger partial charge in [0.2, 0.25) is 0 Å². The van der Waals surface area contributed by atoms with Gasteiger partial charge in [0.1, 0.15) is 0 Å². The molecule has 1 nitrogen and oxygen atoms in total. The van der Waals surface area contributed by atoms with Gasteiger partial charge in [0.15, 0.2) is 0 Å². The van der Waals surface area contributed by atoms with E-state index in [1.165, 1.54) is 24.2 Å². The molecule has 2 unspecified atom stereocenters. The Bertz CT molecular complexity index is 374. The third-order valence-electron chi connectivity index (χ3n) is 3.67. The van der Waals surface area contributed by atoms with Crippen LogP contribution in [0, 0.1) is 11.8 Å². The fourth-order valence-corrected chi connectivity index (χ4v) is 4.19. The van der Waals surface area contributed by atoms with Gasteiger partial charge in [-0.1, -0.05) is 31.9 Å². The number of hydrogen-bond donors (Lipinski definition) is 1. The maximum absolute atomic E-state index is 10.8. The summed E-state index contributed by atoms with van der Waals surface area (Å²) in [5.41, 5.74) is -0.615. The molecule has 0 spiro atoms. The topological polar surface area (TPSA) is 20.2 Å². The van der Waals surface area contributed by atoms with E-state index in [4.69, 9.17) is 11.6 Å². The van der Waals surface area contributed by atoms with Crippen LogP contribution >= 0.6 is 22.9 Å². The average molecular weight is 273 g/mol. The van der Waals surface area contributed by atoms with E-state index >= 15 is 0 Å². The summed E-state index contributed by atoms with van der Waals surface area (Å²) in [6, 6.07) is 3.89. The molecule has 1 N–H and O–H groups in total. The second-order valence-corrected chi connectivity index (χ2v) is 7.44. The molecule has 3 heteroatoms. The van der Waals surface area contributed by atoms with Gasteiger partial charge in [-0.15, -0.1) is 11.3 Å². The maximum atomic E-state index is 10.8. The Morgan fingerprint density at radius 2 is 2.29 bits per heavy atom. The quantitative estimate of drug-likeness (QED) is 0.836. The molecule has 2 rings (SSSR count). The Labute approximate surface area is 113 Å². The van der Waals surface area contributed by atoms with Crippen molar-refractivity contribution in [3.05, 3.63) is 21.3 Å². The summed E-state index contributed by atoms with van der Waals surface area (Å²) in [6.07, 6.45) is 5.41. The van der Waals surface area contributed by atoms with E-state index < -0.39 is 5.60 Å². The normalized spacial score (nSPS) is 29.8. The van der Waals surface area contributed by atoms with Crippen molar-refractivity contribution in [2.24, 2.45) is 11.8 Å². The molecule has 96 valence electrons. The van der Waals surface area contributed by atoms with Crippen LogP contribution in [0.25, 0.3) is 0 Å². The van der Waals surface area contributed by atoms with Crippen molar-refractivity contribution >= 4 is 22.9 Å². The molecule has 1 aromatic heterocycles. The number of hydrogen-bond acceptors (Lipinski definition) is 2. The maximum Gasteiger partial charge on any atom is 0.0991 e. The zero-order chi connectivity index (χ0) is 12.5. The van der Waals surface area contributed by atoms with E-state index in [1.54, 1.807) is 0 Å². The minimum absolute atomic E-state index is 0.615. The summed E-state index contributed by atoms with van der Waals surface area (Å²) in [7, 11) is 0. The van der Waals surface area contributed by atoms with Gasteiger partial charge in [-0.25, -0.2) is 0 Å². The summed E-state index contributed by atoms with van der Waals surface area (Å²) in [4.78, 5) is 1.05. The summed E-state index contributed by atoms with van der Waals surface area (Å²) >= 11 is 7.50. The van der Waals surface area contributed by atoms with Crippen molar-refractivity contribution in [2.45, 2.75) is 51.6 Å². The largest absolute Gasteiger partial charge is 0.384 e. The standard InChI is InChI=1S/C14H21ClOS/c1-10(2)8-11-4-3-7-14(16,9-11)12-5-6-13(15)17-12/h5-6,10-11,16H,3-4,7-9H2,1-2H3. The summed E-state index contributed by atoms with van der Waals surface area (Å²) < 4.78 is 0.777. The molecular formula is C14H21ClOS. The highest BCUT2D eigenvalue weighted by Crippen LogP contribution is 2.44. The molecule has 1 saturated carbocycles. The molecule has 1 aromatic rings. The lowest BCUT2D eigenvalue weighted by Gasteiger charge is -2.37. The van der Waals surface area contributed by atoms with Crippen LogP contribution < -0.4 is 0 Å². The van der Waals surface area contributed by atoms with E-state index in [2.05, 4.69) is 13.8 Å². The summed E-state index contributed by atoms with van der Waals surface area (Å²) in [5, 5.41) is 10.8. The van der Waals surface area contributed by atoms with Gasteiger partial charge in [0.25, 0.3) is 0 Å². The van der Waals surface area contributed by atoms with Crippen molar-refractivity contribution in [1.82, 2.24) is 0 Å². The van der Waals surface area contributed by atoms with E-state index in [1.807, 2.05) is 12.1 Å². The Kier molecular flexibility index (Phi) is 4.17. The second-order valence-electron chi connectivity index (χ2n) is 5.73. The molecule has 2 atom stereocenters. The van der Waals surface area contributed by atoms with Crippen molar-refractivity contribution in [3.8, 4) is 0 Å². The molecule has 0 aliphatic heterocycles. The smallest absolute Gasteiger partial charge is 0.0991 e. The minimum Gasteiger partial charge on any atom is -0.384 e. The lowest BCUT2D eigenvalue weighted by molar-refractivity contribution is -0.0213. The van der Waals surface area contributed by atoms with Crippen molar-refractivity contribution in [3.63, 3.8) is 0 Å². The number of thiophene rings is 1. The predicted molar refractivity (Wildman–Crippen MR) is 74.6 cm³/mol. The summed E-state index contributed by atoms with van der Waals surface area (Å²) in [6.45, 7) is 4.52. The van der Waals surface area contributed by atoms with Gasteiger partial charge >= 0.3 is 0 Å². The molecular weight excluding hydrogens is 252 g/mol. The first-order chi connectivity index (χ1) is 7.99. The van der Waals surface area contributed by atoms with Crippen LogP contribution in [0.15, 0.2) is 12.1 Å². The zero-order valence-corrected chi connectivity index (χ0v) is 12.2. The fraction of sp³-hybridized carbons (Fsp3) is 0.714. The molecule has 1 aliphatic carbocycles. The fourth-order valence-electron chi connectivity index (χ4n) is 3.02. The van der Waals surface area contributed by atoms with Crippen LogP contribution in [-0.2, 0) is 5.60 Å². The number of rotatable bonds is 3. The van der Waals surface area contributed by atoms with Crippen LogP contribution in [0.5, 0.6) is 0 Å². The van der Waals surface area contributed by atoms with E-state index in [0.717, 1.165) is 28.5 Å². The lowest BCUT2D eigenvalue weighted by atomic mass is 9.74. The molecule has 0 saturated heterocycles. The van der Waals surface area contributed by atoms with E-state index in [0.29, 0.717) is 11.8 Å². The average Bonchev–Trinajstić information content (AvgIpc) is 2.64. The van der Waals surface area contributed by atoms with Crippen LogP contribution in [-0.4, -0.2) is 5.11 Å². The Morgan fingerprint density at radius 1 is 1.53 bits per heavy atom. The molecule has 0 bridgehead atoms. The van der Waals surface area contributed by atoms with Crippen molar-refractivity contribution in [1.29, 1.82) is 0 Å². The molecule has 1 fully saturated rings. The van der Waals surface area contributed by atoms with Crippen LogP contribution in [0.3, 0.4) is 0 Å². The third kappa shape index (κ3) is 3.24. The van der Waals surface area contributed by atoms with E-state index in [-0.39, 0.29) is 0 Å². The molecule has 0 aromatic carbocycles. The monoisotopic (exact) mass is 272 g/mol. The number of halogens is 1.